The van der Waals surface area contributed by atoms with Gasteiger partial charge < -0.3 is 15.6 Å². The van der Waals surface area contributed by atoms with Crippen molar-refractivity contribution < 1.29 is 9.84 Å². The second-order valence-electron chi connectivity index (χ2n) is 3.98. The minimum atomic E-state index is -0.339. The van der Waals surface area contributed by atoms with Crippen LogP contribution in [-0.4, -0.2) is 29.4 Å². The maximum absolute atomic E-state index is 9.95. The number of anilines is 1. The molecule has 1 aromatic rings. The Balaban J connectivity index is 1.95. The SMILES string of the molecule is Nc1cc(CC(O)C2CCOC2)ccn1. The number of nitrogen functional groups attached to an aromatic ring is 1. The van der Waals surface area contributed by atoms with Crippen LogP contribution in [0.2, 0.25) is 0 Å². The van der Waals surface area contributed by atoms with Gasteiger partial charge in [-0.3, -0.25) is 0 Å². The van der Waals surface area contributed by atoms with Crippen LogP contribution in [0.1, 0.15) is 12.0 Å². The van der Waals surface area contributed by atoms with Crippen molar-refractivity contribution in [3.05, 3.63) is 23.9 Å². The molecule has 1 fully saturated rings. The zero-order valence-corrected chi connectivity index (χ0v) is 8.60. The van der Waals surface area contributed by atoms with Gasteiger partial charge in [0.25, 0.3) is 0 Å². The molecule has 2 unspecified atom stereocenters. The summed E-state index contributed by atoms with van der Waals surface area (Å²) in [4.78, 5) is 3.92. The summed E-state index contributed by atoms with van der Waals surface area (Å²) in [6.45, 7) is 1.43. The summed E-state index contributed by atoms with van der Waals surface area (Å²) in [6, 6.07) is 3.69. The fourth-order valence-corrected chi connectivity index (χ4v) is 1.89. The highest BCUT2D eigenvalue weighted by Gasteiger charge is 2.23. The molecule has 0 aromatic carbocycles. The minimum Gasteiger partial charge on any atom is -0.392 e. The first-order valence-electron chi connectivity index (χ1n) is 5.22. The summed E-state index contributed by atoms with van der Waals surface area (Å²) in [5, 5.41) is 9.95. The quantitative estimate of drug-likeness (QED) is 0.763. The Hall–Kier alpha value is -1.13. The highest BCUT2D eigenvalue weighted by Crippen LogP contribution is 2.19. The molecule has 1 aliphatic rings. The Labute approximate surface area is 89.1 Å². The normalized spacial score (nSPS) is 22.9. The van der Waals surface area contributed by atoms with Gasteiger partial charge in [0, 0.05) is 18.7 Å². The maximum Gasteiger partial charge on any atom is 0.123 e. The van der Waals surface area contributed by atoms with Gasteiger partial charge in [0.15, 0.2) is 0 Å². The Morgan fingerprint density at radius 3 is 3.20 bits per heavy atom. The van der Waals surface area contributed by atoms with E-state index in [2.05, 4.69) is 4.98 Å². The van der Waals surface area contributed by atoms with E-state index in [4.69, 9.17) is 10.5 Å². The van der Waals surface area contributed by atoms with E-state index in [1.807, 2.05) is 6.07 Å². The van der Waals surface area contributed by atoms with Gasteiger partial charge >= 0.3 is 0 Å². The summed E-state index contributed by atoms with van der Waals surface area (Å²) in [7, 11) is 0. The lowest BCUT2D eigenvalue weighted by molar-refractivity contribution is 0.0919. The highest BCUT2D eigenvalue weighted by molar-refractivity contribution is 5.32. The molecule has 4 heteroatoms. The average molecular weight is 208 g/mol. The average Bonchev–Trinajstić information content (AvgIpc) is 2.70. The molecule has 1 aliphatic heterocycles. The number of aromatic nitrogens is 1. The number of rotatable bonds is 3. The van der Waals surface area contributed by atoms with E-state index in [0.717, 1.165) is 18.6 Å². The third kappa shape index (κ3) is 2.67. The van der Waals surface area contributed by atoms with E-state index in [9.17, 15) is 5.11 Å². The zero-order chi connectivity index (χ0) is 10.7. The summed E-state index contributed by atoms with van der Waals surface area (Å²) < 4.78 is 5.24. The molecule has 15 heavy (non-hydrogen) atoms. The molecule has 0 bridgehead atoms. The number of nitrogens with zero attached hydrogens (tertiary/aromatic N) is 1. The molecule has 2 atom stereocenters. The van der Waals surface area contributed by atoms with Gasteiger partial charge in [0.1, 0.15) is 5.82 Å². The first-order chi connectivity index (χ1) is 7.25. The third-order valence-electron chi connectivity index (χ3n) is 2.80. The summed E-state index contributed by atoms with van der Waals surface area (Å²) in [5.41, 5.74) is 6.60. The van der Waals surface area contributed by atoms with E-state index in [-0.39, 0.29) is 12.0 Å². The summed E-state index contributed by atoms with van der Waals surface area (Å²) >= 11 is 0. The number of hydrogen-bond donors (Lipinski definition) is 2. The van der Waals surface area contributed by atoms with E-state index < -0.39 is 0 Å². The molecule has 0 radical (unpaired) electrons. The van der Waals surface area contributed by atoms with Gasteiger partial charge in [-0.15, -0.1) is 0 Å². The predicted octanol–water partition coefficient (Wildman–Crippen LogP) is 0.604. The Morgan fingerprint density at radius 1 is 1.67 bits per heavy atom. The second kappa shape index (κ2) is 4.59. The standard InChI is InChI=1S/C11H16N2O2/c12-11-6-8(1-3-13-11)5-10(14)9-2-4-15-7-9/h1,3,6,9-10,14H,2,4-5,7H2,(H2,12,13). The number of aliphatic hydroxyl groups excluding tert-OH is 1. The monoisotopic (exact) mass is 208 g/mol. The van der Waals surface area contributed by atoms with Crippen molar-refractivity contribution in [2.45, 2.75) is 18.9 Å². The van der Waals surface area contributed by atoms with Crippen molar-refractivity contribution in [2.75, 3.05) is 18.9 Å². The number of nitrogens with two attached hydrogens (primary N) is 1. The van der Waals surface area contributed by atoms with Gasteiger partial charge in [-0.2, -0.15) is 0 Å². The molecule has 2 rings (SSSR count). The van der Waals surface area contributed by atoms with Crippen LogP contribution < -0.4 is 5.73 Å². The van der Waals surface area contributed by atoms with Gasteiger partial charge in [-0.05, 0) is 30.5 Å². The third-order valence-corrected chi connectivity index (χ3v) is 2.80. The van der Waals surface area contributed by atoms with E-state index >= 15 is 0 Å². The smallest absolute Gasteiger partial charge is 0.123 e. The lowest BCUT2D eigenvalue weighted by atomic mass is 9.96. The van der Waals surface area contributed by atoms with Crippen LogP contribution in [0.3, 0.4) is 0 Å². The van der Waals surface area contributed by atoms with Crippen molar-refractivity contribution in [2.24, 2.45) is 5.92 Å². The zero-order valence-electron chi connectivity index (χ0n) is 8.60. The molecular weight excluding hydrogens is 192 g/mol. The number of hydrogen-bond acceptors (Lipinski definition) is 4. The maximum atomic E-state index is 9.95. The second-order valence-corrected chi connectivity index (χ2v) is 3.98. The Kier molecular flexibility index (Phi) is 3.18. The number of aliphatic hydroxyl groups is 1. The van der Waals surface area contributed by atoms with Crippen LogP contribution in [0, 0.1) is 5.92 Å². The number of pyridine rings is 1. The predicted molar refractivity (Wildman–Crippen MR) is 57.3 cm³/mol. The van der Waals surface area contributed by atoms with Crippen molar-refractivity contribution in [3.63, 3.8) is 0 Å². The van der Waals surface area contributed by atoms with Crippen molar-refractivity contribution in [3.8, 4) is 0 Å². The molecule has 3 N–H and O–H groups in total. The highest BCUT2D eigenvalue weighted by atomic mass is 16.5. The fraction of sp³-hybridized carbons (Fsp3) is 0.545. The summed E-state index contributed by atoms with van der Waals surface area (Å²) in [6.07, 6.45) is 2.90. The fourth-order valence-electron chi connectivity index (χ4n) is 1.89. The molecule has 2 heterocycles. The molecule has 0 aliphatic carbocycles. The first-order valence-corrected chi connectivity index (χ1v) is 5.22. The Morgan fingerprint density at radius 2 is 2.53 bits per heavy atom. The van der Waals surface area contributed by atoms with Gasteiger partial charge in [0.05, 0.1) is 12.7 Å². The molecule has 0 saturated carbocycles. The molecule has 1 aromatic heterocycles. The van der Waals surface area contributed by atoms with Crippen molar-refractivity contribution in [1.29, 1.82) is 0 Å². The lowest BCUT2D eigenvalue weighted by Gasteiger charge is -2.16. The molecular formula is C11H16N2O2. The van der Waals surface area contributed by atoms with Gasteiger partial charge in [-0.1, -0.05) is 0 Å². The molecule has 0 spiro atoms. The minimum absolute atomic E-state index is 0.263. The van der Waals surface area contributed by atoms with Crippen LogP contribution in [0.5, 0.6) is 0 Å². The van der Waals surface area contributed by atoms with Gasteiger partial charge in [-0.25, -0.2) is 4.98 Å². The van der Waals surface area contributed by atoms with Crippen LogP contribution in [0.15, 0.2) is 18.3 Å². The van der Waals surface area contributed by atoms with Crippen LogP contribution >= 0.6 is 0 Å². The topological polar surface area (TPSA) is 68.4 Å². The van der Waals surface area contributed by atoms with E-state index in [0.29, 0.717) is 18.8 Å². The Bertz CT molecular complexity index is 324. The van der Waals surface area contributed by atoms with Crippen molar-refractivity contribution in [1.82, 2.24) is 4.98 Å². The van der Waals surface area contributed by atoms with Crippen LogP contribution in [0.25, 0.3) is 0 Å². The molecule has 1 saturated heterocycles. The number of ether oxygens (including phenoxy) is 1. The van der Waals surface area contributed by atoms with Crippen molar-refractivity contribution >= 4 is 5.82 Å². The van der Waals surface area contributed by atoms with E-state index in [1.54, 1.807) is 12.3 Å². The summed E-state index contributed by atoms with van der Waals surface area (Å²) in [5.74, 6) is 0.766. The molecule has 4 nitrogen and oxygen atoms in total. The van der Waals surface area contributed by atoms with Crippen LogP contribution in [-0.2, 0) is 11.2 Å². The first kappa shape index (κ1) is 10.4. The van der Waals surface area contributed by atoms with Gasteiger partial charge in [0.2, 0.25) is 0 Å². The lowest BCUT2D eigenvalue weighted by Crippen LogP contribution is -2.23. The largest absolute Gasteiger partial charge is 0.392 e. The molecule has 82 valence electrons. The molecule has 0 amide bonds. The van der Waals surface area contributed by atoms with E-state index in [1.165, 1.54) is 0 Å². The van der Waals surface area contributed by atoms with Crippen LogP contribution in [0.4, 0.5) is 5.82 Å².